The van der Waals surface area contributed by atoms with Crippen molar-refractivity contribution < 1.29 is 19.2 Å². The van der Waals surface area contributed by atoms with E-state index < -0.39 is 10.9 Å². The van der Waals surface area contributed by atoms with Crippen molar-refractivity contribution in [1.29, 1.82) is 0 Å². The van der Waals surface area contributed by atoms with Gasteiger partial charge in [0.15, 0.2) is 5.82 Å². The van der Waals surface area contributed by atoms with Crippen molar-refractivity contribution in [1.82, 2.24) is 14.8 Å². The molecule has 0 atom stereocenters. The summed E-state index contributed by atoms with van der Waals surface area (Å²) < 4.78 is 12.0. The van der Waals surface area contributed by atoms with Crippen LogP contribution in [0, 0.1) is 17.0 Å². The third-order valence-corrected chi connectivity index (χ3v) is 4.52. The summed E-state index contributed by atoms with van der Waals surface area (Å²) in [7, 11) is 1.24. The molecule has 3 aromatic rings. The highest BCUT2D eigenvalue weighted by molar-refractivity contribution is 5.75. The van der Waals surface area contributed by atoms with E-state index in [1.807, 2.05) is 37.3 Å². The lowest BCUT2D eigenvalue weighted by molar-refractivity contribution is -0.385. The van der Waals surface area contributed by atoms with Crippen LogP contribution in [-0.4, -0.2) is 39.4 Å². The van der Waals surface area contributed by atoms with Gasteiger partial charge in [0.1, 0.15) is 5.82 Å². The van der Waals surface area contributed by atoms with Crippen molar-refractivity contribution in [2.45, 2.75) is 26.5 Å². The Kier molecular flexibility index (Phi) is 6.87. The number of methoxy groups -OCH3 is 1. The average Bonchev–Trinajstić information content (AvgIpc) is 3.12. The van der Waals surface area contributed by atoms with Gasteiger partial charge in [-0.05, 0) is 12.5 Å². The second-order valence-corrected chi connectivity index (χ2v) is 6.60. The molecule has 2 aromatic carbocycles. The number of aromatic nitrogens is 3. The van der Waals surface area contributed by atoms with Gasteiger partial charge in [0.05, 0.1) is 38.2 Å². The normalized spacial score (nSPS) is 10.7. The second kappa shape index (κ2) is 9.75. The molecule has 0 unspecified atom stereocenters. The van der Waals surface area contributed by atoms with E-state index >= 15 is 0 Å². The average molecular weight is 410 g/mol. The number of nitrogens with zero attached hydrogens (tertiary/aromatic N) is 4. The number of nitro benzene ring substituents is 1. The fraction of sp³-hybridized carbons (Fsp3) is 0.286. The van der Waals surface area contributed by atoms with Gasteiger partial charge >= 0.3 is 5.97 Å². The summed E-state index contributed by atoms with van der Waals surface area (Å²) in [5, 5.41) is 15.9. The van der Waals surface area contributed by atoms with E-state index in [1.54, 1.807) is 10.7 Å². The molecule has 0 aliphatic carbocycles. The van der Waals surface area contributed by atoms with Crippen LogP contribution in [0.4, 0.5) is 5.69 Å². The van der Waals surface area contributed by atoms with Gasteiger partial charge < -0.3 is 9.47 Å². The molecule has 0 amide bonds. The number of ether oxygens (including phenoxy) is 2. The minimum Gasteiger partial charge on any atom is -0.469 e. The van der Waals surface area contributed by atoms with Crippen LogP contribution in [0.1, 0.15) is 17.0 Å². The Hall–Kier alpha value is -3.59. The van der Waals surface area contributed by atoms with Crippen LogP contribution >= 0.6 is 0 Å². The Balaban J connectivity index is 1.69. The number of hydrogen-bond donors (Lipinski definition) is 0. The van der Waals surface area contributed by atoms with E-state index in [0.717, 1.165) is 5.56 Å². The number of hydrogen-bond acceptors (Lipinski definition) is 7. The van der Waals surface area contributed by atoms with Crippen LogP contribution < -0.4 is 0 Å². The zero-order valence-electron chi connectivity index (χ0n) is 16.8. The summed E-state index contributed by atoms with van der Waals surface area (Å²) in [4.78, 5) is 26.8. The molecule has 0 N–H and O–H groups in total. The van der Waals surface area contributed by atoms with Crippen LogP contribution in [0.15, 0.2) is 48.5 Å². The van der Waals surface area contributed by atoms with E-state index in [0.29, 0.717) is 37.0 Å². The van der Waals surface area contributed by atoms with Crippen LogP contribution in [0.3, 0.4) is 0 Å². The van der Waals surface area contributed by atoms with E-state index in [4.69, 9.17) is 4.74 Å². The summed E-state index contributed by atoms with van der Waals surface area (Å²) in [5.41, 5.74) is 1.70. The maximum Gasteiger partial charge on any atom is 0.310 e. The Morgan fingerprint density at radius 3 is 2.67 bits per heavy atom. The number of carbonyl (C=O) groups is 1. The zero-order chi connectivity index (χ0) is 21.5. The predicted molar refractivity (Wildman–Crippen MR) is 109 cm³/mol. The minimum atomic E-state index is -0.542. The highest BCUT2D eigenvalue weighted by Gasteiger charge is 2.20. The van der Waals surface area contributed by atoms with Gasteiger partial charge in [-0.25, -0.2) is 9.67 Å². The molecule has 0 saturated heterocycles. The summed E-state index contributed by atoms with van der Waals surface area (Å²) >= 11 is 0. The third-order valence-electron chi connectivity index (χ3n) is 4.52. The molecule has 0 saturated carbocycles. The summed E-state index contributed by atoms with van der Waals surface area (Å²) in [5.74, 6) is 0.512. The first-order valence-electron chi connectivity index (χ1n) is 9.35. The van der Waals surface area contributed by atoms with Crippen LogP contribution in [0.25, 0.3) is 11.4 Å². The molecule has 9 nitrogen and oxygen atoms in total. The molecular weight excluding hydrogens is 388 g/mol. The fourth-order valence-electron chi connectivity index (χ4n) is 2.92. The maximum atomic E-state index is 11.5. The first-order valence-corrected chi connectivity index (χ1v) is 9.35. The van der Waals surface area contributed by atoms with Crippen molar-refractivity contribution in [2.24, 2.45) is 0 Å². The third kappa shape index (κ3) is 5.26. The second-order valence-electron chi connectivity index (χ2n) is 6.60. The quantitative estimate of drug-likeness (QED) is 0.231. The van der Waals surface area contributed by atoms with Gasteiger partial charge in [0.25, 0.3) is 5.69 Å². The van der Waals surface area contributed by atoms with Gasteiger partial charge in [-0.3, -0.25) is 14.9 Å². The highest BCUT2D eigenvalue weighted by Crippen LogP contribution is 2.26. The van der Waals surface area contributed by atoms with E-state index in [9.17, 15) is 14.9 Å². The molecule has 0 bridgehead atoms. The Bertz CT molecular complexity index is 1030. The highest BCUT2D eigenvalue weighted by atomic mass is 16.6. The molecular formula is C21H22N4O5. The van der Waals surface area contributed by atoms with Gasteiger partial charge in [0, 0.05) is 17.2 Å². The lowest BCUT2D eigenvalue weighted by Crippen LogP contribution is -2.09. The summed E-state index contributed by atoms with van der Waals surface area (Å²) in [6.45, 7) is 3.29. The molecule has 0 aliphatic rings. The van der Waals surface area contributed by atoms with Crippen LogP contribution in [0.5, 0.6) is 0 Å². The Morgan fingerprint density at radius 2 is 1.97 bits per heavy atom. The topological polar surface area (TPSA) is 109 Å². The van der Waals surface area contributed by atoms with E-state index in [-0.39, 0.29) is 17.7 Å². The summed E-state index contributed by atoms with van der Waals surface area (Å²) in [6.07, 6.45) is -0.174. The fourth-order valence-corrected chi connectivity index (χ4v) is 2.92. The number of nitro groups is 1. The largest absolute Gasteiger partial charge is 0.469 e. The molecule has 0 radical (unpaired) electrons. The first-order chi connectivity index (χ1) is 14.5. The van der Waals surface area contributed by atoms with Crippen molar-refractivity contribution >= 4 is 11.7 Å². The van der Waals surface area contributed by atoms with Crippen LogP contribution in [-0.2, 0) is 33.8 Å². The number of rotatable bonds is 9. The van der Waals surface area contributed by atoms with Gasteiger partial charge in [-0.15, -0.1) is 0 Å². The maximum absolute atomic E-state index is 11.5. The van der Waals surface area contributed by atoms with Crippen molar-refractivity contribution in [2.75, 3.05) is 13.7 Å². The molecule has 1 aromatic heterocycles. The zero-order valence-corrected chi connectivity index (χ0v) is 16.8. The lowest BCUT2D eigenvalue weighted by Gasteiger charge is -2.05. The molecule has 156 valence electrons. The molecule has 3 rings (SSSR count). The molecule has 30 heavy (non-hydrogen) atoms. The van der Waals surface area contributed by atoms with Gasteiger partial charge in [-0.1, -0.05) is 42.5 Å². The monoisotopic (exact) mass is 410 g/mol. The molecule has 1 heterocycles. The van der Waals surface area contributed by atoms with Crippen molar-refractivity contribution in [3.63, 3.8) is 0 Å². The lowest BCUT2D eigenvalue weighted by atomic mass is 10.1. The van der Waals surface area contributed by atoms with E-state index in [2.05, 4.69) is 14.8 Å². The van der Waals surface area contributed by atoms with Crippen molar-refractivity contribution in [3.8, 4) is 11.4 Å². The van der Waals surface area contributed by atoms with Gasteiger partial charge in [-0.2, -0.15) is 5.10 Å². The number of esters is 1. The molecule has 0 aliphatic heterocycles. The molecule has 9 heteroatoms. The molecule has 0 spiro atoms. The summed E-state index contributed by atoms with van der Waals surface area (Å²) in [6, 6.07) is 14.4. The SMILES string of the molecule is COC(=O)Cc1ccc(-c2nc(C)n(CCOCc3ccccc3)n2)cc1[N+](=O)[O-]. The standard InChI is InChI=1S/C21H22N4O5/c1-15-22-21(23-24(15)10-11-30-14-16-6-4-3-5-7-16)18-9-8-17(13-20(26)29-2)19(12-18)25(27)28/h3-9,12H,10-11,13-14H2,1-2H3. The van der Waals surface area contributed by atoms with E-state index in [1.165, 1.54) is 19.2 Å². The number of carbonyl (C=O) groups excluding carboxylic acids is 1. The number of aryl methyl sites for hydroxylation is 1. The van der Waals surface area contributed by atoms with Crippen molar-refractivity contribution in [3.05, 3.63) is 75.6 Å². The Labute approximate surface area is 173 Å². The first kappa shape index (κ1) is 21.1. The predicted octanol–water partition coefficient (Wildman–Crippen LogP) is 3.09. The van der Waals surface area contributed by atoms with Gasteiger partial charge in [0.2, 0.25) is 0 Å². The minimum absolute atomic E-state index is 0.168. The molecule has 0 fully saturated rings. The smallest absolute Gasteiger partial charge is 0.310 e. The number of benzene rings is 2. The van der Waals surface area contributed by atoms with Crippen LogP contribution in [0.2, 0.25) is 0 Å². The Morgan fingerprint density at radius 1 is 1.20 bits per heavy atom.